The minimum atomic E-state index is -0.603. The maximum absolute atomic E-state index is 12.1. The van der Waals surface area contributed by atoms with Crippen LogP contribution >= 0.6 is 11.3 Å². The molecular weight excluding hydrogens is 476 g/mol. The van der Waals surface area contributed by atoms with Crippen molar-refractivity contribution in [2.75, 3.05) is 13.2 Å². The van der Waals surface area contributed by atoms with Gasteiger partial charge in [0.05, 0.1) is 22.9 Å². The largest absolute Gasteiger partial charge is 0.488 e. The van der Waals surface area contributed by atoms with E-state index in [1.807, 2.05) is 75.4 Å². The fraction of sp³-hybridized carbons (Fsp3) is 0.321. The predicted octanol–water partition coefficient (Wildman–Crippen LogP) is 6.17. The lowest BCUT2D eigenvalue weighted by atomic mass is 10.1. The van der Waals surface area contributed by atoms with Crippen molar-refractivity contribution in [1.82, 2.24) is 10.1 Å². The van der Waals surface area contributed by atoms with Crippen LogP contribution in [0.5, 0.6) is 5.75 Å². The predicted molar refractivity (Wildman–Crippen MR) is 139 cm³/mol. The van der Waals surface area contributed by atoms with E-state index in [-0.39, 0.29) is 5.97 Å². The number of benzene rings is 2. The number of esters is 1. The van der Waals surface area contributed by atoms with E-state index in [9.17, 15) is 4.79 Å². The summed E-state index contributed by atoms with van der Waals surface area (Å²) in [6.45, 7) is 8.77. The first-order valence-electron chi connectivity index (χ1n) is 12.0. The summed E-state index contributed by atoms with van der Waals surface area (Å²) < 4.78 is 22.0. The summed E-state index contributed by atoms with van der Waals surface area (Å²) in [5.74, 6) is 1.17. The van der Waals surface area contributed by atoms with E-state index in [0.29, 0.717) is 26.2 Å². The summed E-state index contributed by atoms with van der Waals surface area (Å²) in [5, 5.41) is 4.90. The average molecular weight is 507 g/mol. The molecule has 0 radical (unpaired) electrons. The second-order valence-corrected chi connectivity index (χ2v) is 9.35. The summed E-state index contributed by atoms with van der Waals surface area (Å²) in [7, 11) is 0. The van der Waals surface area contributed by atoms with Crippen LogP contribution in [-0.4, -0.2) is 35.4 Å². The fourth-order valence-electron chi connectivity index (χ4n) is 3.69. The van der Waals surface area contributed by atoms with Crippen LogP contribution < -0.4 is 4.74 Å². The molecule has 1 unspecified atom stereocenters. The highest BCUT2D eigenvalue weighted by Gasteiger charge is 2.20. The number of nitrogens with zero attached hydrogens (tertiary/aromatic N) is 2. The van der Waals surface area contributed by atoms with E-state index < -0.39 is 6.10 Å². The lowest BCUT2D eigenvalue weighted by Gasteiger charge is -2.15. The Bertz CT molecular complexity index is 1280. The molecule has 4 aromatic rings. The standard InChI is InChI=1S/C28H30N2O5S/c1-5-32-25(28(31)33-6-2)16-20-7-13-23(14-8-20)34-17-26-19(4)29-27(36-26)22-11-9-21(10-12-22)24-15-18(3)30-35-24/h7-15,25H,5-6,16-17H2,1-4H3. The molecule has 0 amide bonds. The molecule has 1 atom stereocenters. The van der Waals surface area contributed by atoms with Gasteiger partial charge < -0.3 is 18.7 Å². The number of carbonyl (C=O) groups is 1. The van der Waals surface area contributed by atoms with Gasteiger partial charge >= 0.3 is 5.97 Å². The highest BCUT2D eigenvalue weighted by Crippen LogP contribution is 2.31. The summed E-state index contributed by atoms with van der Waals surface area (Å²) in [5.41, 5.74) is 4.82. The molecule has 36 heavy (non-hydrogen) atoms. The molecule has 0 aliphatic heterocycles. The van der Waals surface area contributed by atoms with Gasteiger partial charge in [-0.1, -0.05) is 41.6 Å². The smallest absolute Gasteiger partial charge is 0.335 e. The third kappa shape index (κ3) is 6.38. The molecule has 188 valence electrons. The van der Waals surface area contributed by atoms with Crippen LogP contribution in [0.15, 0.2) is 59.1 Å². The molecular formula is C28H30N2O5S. The molecule has 2 aromatic carbocycles. The van der Waals surface area contributed by atoms with Crippen molar-refractivity contribution in [3.63, 3.8) is 0 Å². The Balaban J connectivity index is 1.36. The SMILES string of the molecule is CCOC(=O)C(Cc1ccc(OCc2sc(-c3ccc(-c4cc(C)no4)cc3)nc2C)cc1)OCC. The third-order valence-corrected chi connectivity index (χ3v) is 6.75. The van der Waals surface area contributed by atoms with Crippen LogP contribution in [0.1, 0.15) is 35.7 Å². The number of ether oxygens (including phenoxy) is 3. The van der Waals surface area contributed by atoms with Crippen molar-refractivity contribution in [1.29, 1.82) is 0 Å². The molecule has 2 aromatic heterocycles. The minimum Gasteiger partial charge on any atom is -0.488 e. The quantitative estimate of drug-likeness (QED) is 0.225. The lowest BCUT2D eigenvalue weighted by molar-refractivity contribution is -0.156. The second kappa shape index (κ2) is 12.0. The highest BCUT2D eigenvalue weighted by molar-refractivity contribution is 7.15. The van der Waals surface area contributed by atoms with E-state index in [0.717, 1.165) is 49.5 Å². The number of aromatic nitrogens is 2. The molecule has 0 saturated carbocycles. The summed E-state index contributed by atoms with van der Waals surface area (Å²) >= 11 is 1.62. The number of rotatable bonds is 11. The van der Waals surface area contributed by atoms with E-state index in [1.54, 1.807) is 18.3 Å². The van der Waals surface area contributed by atoms with Crippen molar-refractivity contribution >= 4 is 17.3 Å². The van der Waals surface area contributed by atoms with E-state index in [2.05, 4.69) is 5.16 Å². The first-order valence-corrected chi connectivity index (χ1v) is 12.8. The number of aryl methyl sites for hydroxylation is 2. The zero-order chi connectivity index (χ0) is 25.5. The van der Waals surface area contributed by atoms with Crippen molar-refractivity contribution < 1.29 is 23.5 Å². The van der Waals surface area contributed by atoms with Crippen molar-refractivity contribution in [3.8, 4) is 27.6 Å². The topological polar surface area (TPSA) is 83.7 Å². The highest BCUT2D eigenvalue weighted by atomic mass is 32.1. The van der Waals surface area contributed by atoms with Gasteiger partial charge in [0.2, 0.25) is 0 Å². The number of carbonyl (C=O) groups excluding carboxylic acids is 1. The van der Waals surface area contributed by atoms with Gasteiger partial charge in [-0.2, -0.15) is 0 Å². The van der Waals surface area contributed by atoms with Gasteiger partial charge in [-0.25, -0.2) is 9.78 Å². The summed E-state index contributed by atoms with van der Waals surface area (Å²) in [6.07, 6.45) is -0.145. The van der Waals surface area contributed by atoms with Gasteiger partial charge in [0.15, 0.2) is 11.9 Å². The van der Waals surface area contributed by atoms with Gasteiger partial charge in [-0.15, -0.1) is 11.3 Å². The van der Waals surface area contributed by atoms with E-state index in [4.69, 9.17) is 23.7 Å². The lowest BCUT2D eigenvalue weighted by Crippen LogP contribution is -2.28. The molecule has 7 nitrogen and oxygen atoms in total. The Morgan fingerprint density at radius 2 is 1.72 bits per heavy atom. The average Bonchev–Trinajstić information content (AvgIpc) is 3.49. The van der Waals surface area contributed by atoms with Crippen molar-refractivity contribution in [2.45, 2.75) is 46.8 Å². The molecule has 0 N–H and O–H groups in total. The third-order valence-electron chi connectivity index (χ3n) is 5.57. The molecule has 2 heterocycles. The second-order valence-electron chi connectivity index (χ2n) is 8.27. The number of thiazole rings is 1. The number of hydrogen-bond acceptors (Lipinski definition) is 8. The first kappa shape index (κ1) is 25.6. The maximum Gasteiger partial charge on any atom is 0.335 e. The van der Waals surface area contributed by atoms with Gasteiger partial charge in [0.1, 0.15) is 17.4 Å². The zero-order valence-electron chi connectivity index (χ0n) is 20.9. The molecule has 4 rings (SSSR count). The molecule has 0 aliphatic carbocycles. The van der Waals surface area contributed by atoms with Crippen LogP contribution in [0, 0.1) is 13.8 Å². The van der Waals surface area contributed by atoms with Gasteiger partial charge in [-0.3, -0.25) is 0 Å². The molecule has 0 fully saturated rings. The zero-order valence-corrected chi connectivity index (χ0v) is 21.8. The first-order chi connectivity index (χ1) is 17.5. The van der Waals surface area contributed by atoms with Crippen LogP contribution in [0.2, 0.25) is 0 Å². The van der Waals surface area contributed by atoms with E-state index >= 15 is 0 Å². The van der Waals surface area contributed by atoms with Gasteiger partial charge in [0.25, 0.3) is 0 Å². The Labute approximate surface area is 215 Å². The van der Waals surface area contributed by atoms with Crippen molar-refractivity contribution in [3.05, 3.63) is 76.4 Å². The molecule has 0 bridgehead atoms. The molecule has 0 saturated heterocycles. The Kier molecular flexibility index (Phi) is 8.51. The monoisotopic (exact) mass is 506 g/mol. The summed E-state index contributed by atoms with van der Waals surface area (Å²) in [4.78, 5) is 17.9. The minimum absolute atomic E-state index is 0.334. The summed E-state index contributed by atoms with van der Waals surface area (Å²) in [6, 6.07) is 17.7. The van der Waals surface area contributed by atoms with Gasteiger partial charge in [0, 0.05) is 30.2 Å². The van der Waals surface area contributed by atoms with Crippen LogP contribution in [0.4, 0.5) is 0 Å². The molecule has 0 aliphatic rings. The van der Waals surface area contributed by atoms with Crippen molar-refractivity contribution in [2.24, 2.45) is 0 Å². The Morgan fingerprint density at radius 3 is 2.36 bits per heavy atom. The van der Waals surface area contributed by atoms with Crippen LogP contribution in [0.25, 0.3) is 21.9 Å². The number of hydrogen-bond donors (Lipinski definition) is 0. The van der Waals surface area contributed by atoms with Crippen LogP contribution in [0.3, 0.4) is 0 Å². The molecule has 8 heteroatoms. The van der Waals surface area contributed by atoms with E-state index in [1.165, 1.54) is 0 Å². The Morgan fingerprint density at radius 1 is 1.00 bits per heavy atom. The normalized spacial score (nSPS) is 11.9. The Hall–Kier alpha value is -3.49. The van der Waals surface area contributed by atoms with Crippen LogP contribution in [-0.2, 0) is 27.3 Å². The molecule has 0 spiro atoms. The maximum atomic E-state index is 12.1. The van der Waals surface area contributed by atoms with Gasteiger partial charge in [-0.05, 0) is 45.4 Å². The fourth-order valence-corrected chi connectivity index (χ4v) is 4.67.